The summed E-state index contributed by atoms with van der Waals surface area (Å²) in [5, 5.41) is 8.72. The van der Waals surface area contributed by atoms with Gasteiger partial charge < -0.3 is 21.7 Å². The maximum Gasteiger partial charge on any atom is 0.319 e. The van der Waals surface area contributed by atoms with Gasteiger partial charge in [-0.2, -0.15) is 0 Å². The highest BCUT2D eigenvalue weighted by Crippen LogP contribution is 2.22. The molecule has 0 heterocycles. The number of anilines is 1. The van der Waals surface area contributed by atoms with Gasteiger partial charge in [0.2, 0.25) is 5.91 Å². The molecule has 1 fully saturated rings. The highest BCUT2D eigenvalue weighted by molar-refractivity contribution is 5.89. The predicted molar refractivity (Wildman–Crippen MR) is 111 cm³/mol. The molecule has 0 aromatic heterocycles. The molecule has 6 nitrogen and oxygen atoms in total. The minimum absolute atomic E-state index is 0.0881. The highest BCUT2D eigenvalue weighted by Gasteiger charge is 2.24. The molecule has 148 valence electrons. The number of nitrogens with two attached hydrogens (primary N) is 1. The molecule has 2 aromatic rings. The second-order valence-electron chi connectivity index (χ2n) is 7.45. The molecule has 6 heteroatoms. The third-order valence-electron chi connectivity index (χ3n) is 5.08. The van der Waals surface area contributed by atoms with Crippen molar-refractivity contribution in [1.82, 2.24) is 10.6 Å². The molecule has 2 aromatic carbocycles. The van der Waals surface area contributed by atoms with Crippen LogP contribution in [0, 0.1) is 5.92 Å². The van der Waals surface area contributed by atoms with Crippen molar-refractivity contribution in [3.63, 3.8) is 0 Å². The Kier molecular flexibility index (Phi) is 6.31. The summed E-state index contributed by atoms with van der Waals surface area (Å²) in [6.45, 7) is 3.77. The number of hydrogen-bond donors (Lipinski definition) is 4. The van der Waals surface area contributed by atoms with E-state index in [0.717, 1.165) is 29.7 Å². The molecular weight excluding hydrogens is 352 g/mol. The van der Waals surface area contributed by atoms with Crippen LogP contribution in [0.4, 0.5) is 10.5 Å². The highest BCUT2D eigenvalue weighted by atomic mass is 16.2. The minimum Gasteiger partial charge on any atom is -0.349 e. The average Bonchev–Trinajstić information content (AvgIpc) is 3.51. The first kappa shape index (κ1) is 19.9. The average molecular weight is 380 g/mol. The van der Waals surface area contributed by atoms with Crippen LogP contribution in [0.1, 0.15) is 49.9 Å². The summed E-state index contributed by atoms with van der Waals surface area (Å²) in [6.07, 6.45) is 2.10. The van der Waals surface area contributed by atoms with E-state index in [4.69, 9.17) is 5.73 Å². The first-order valence-electron chi connectivity index (χ1n) is 9.72. The summed E-state index contributed by atoms with van der Waals surface area (Å²) in [4.78, 5) is 24.4. The molecule has 3 amide bonds. The van der Waals surface area contributed by atoms with Crippen LogP contribution in [0.2, 0.25) is 0 Å². The van der Waals surface area contributed by atoms with Crippen molar-refractivity contribution in [2.24, 2.45) is 11.7 Å². The number of carbonyl (C=O) groups is 2. The number of amides is 3. The van der Waals surface area contributed by atoms with E-state index >= 15 is 0 Å². The number of nitrogens with one attached hydrogen (secondary N) is 3. The van der Waals surface area contributed by atoms with Crippen molar-refractivity contribution < 1.29 is 9.59 Å². The van der Waals surface area contributed by atoms with Crippen molar-refractivity contribution in [2.45, 2.75) is 44.8 Å². The molecule has 0 radical (unpaired) electrons. The molecule has 1 aliphatic rings. The van der Waals surface area contributed by atoms with Crippen LogP contribution in [0.5, 0.6) is 0 Å². The predicted octanol–water partition coefficient (Wildman–Crippen LogP) is 3.48. The number of urea groups is 1. The minimum atomic E-state index is -0.357. The second-order valence-corrected chi connectivity index (χ2v) is 7.45. The molecule has 28 heavy (non-hydrogen) atoms. The van der Waals surface area contributed by atoms with Crippen LogP contribution in [-0.2, 0) is 4.79 Å². The number of carbonyl (C=O) groups excluding carboxylic acids is 2. The van der Waals surface area contributed by atoms with Gasteiger partial charge in [0.05, 0.1) is 12.0 Å². The first-order chi connectivity index (χ1) is 13.4. The molecule has 0 bridgehead atoms. The van der Waals surface area contributed by atoms with E-state index in [-0.39, 0.29) is 29.9 Å². The van der Waals surface area contributed by atoms with E-state index in [0.29, 0.717) is 6.04 Å². The van der Waals surface area contributed by atoms with Gasteiger partial charge in [0.25, 0.3) is 0 Å². The van der Waals surface area contributed by atoms with Crippen LogP contribution in [-0.4, -0.2) is 18.0 Å². The first-order valence-corrected chi connectivity index (χ1v) is 9.72. The Bertz CT molecular complexity index is 803. The zero-order valence-electron chi connectivity index (χ0n) is 16.3. The van der Waals surface area contributed by atoms with Gasteiger partial charge in [0.15, 0.2) is 0 Å². The number of benzene rings is 2. The molecule has 1 aliphatic carbocycles. The SMILES string of the molecule is CC(NC(=O)C(C)C(N)c1ccccc1)c1ccc(NC(=O)NC2CC2)cc1. The van der Waals surface area contributed by atoms with Crippen LogP contribution < -0.4 is 21.7 Å². The maximum atomic E-state index is 12.6. The lowest BCUT2D eigenvalue weighted by Gasteiger charge is -2.22. The number of rotatable bonds is 7. The van der Waals surface area contributed by atoms with E-state index in [1.807, 2.05) is 68.4 Å². The lowest BCUT2D eigenvalue weighted by molar-refractivity contribution is -0.125. The molecule has 3 unspecified atom stereocenters. The zero-order chi connectivity index (χ0) is 20.1. The summed E-state index contributed by atoms with van der Waals surface area (Å²) in [6, 6.07) is 16.7. The monoisotopic (exact) mass is 380 g/mol. The Morgan fingerprint density at radius 2 is 1.61 bits per heavy atom. The Balaban J connectivity index is 1.53. The third-order valence-corrected chi connectivity index (χ3v) is 5.08. The lowest BCUT2D eigenvalue weighted by Crippen LogP contribution is -2.36. The van der Waals surface area contributed by atoms with Gasteiger partial charge >= 0.3 is 6.03 Å². The van der Waals surface area contributed by atoms with Gasteiger partial charge in [-0.05, 0) is 43.0 Å². The van der Waals surface area contributed by atoms with Crippen molar-refractivity contribution in [3.05, 3.63) is 65.7 Å². The van der Waals surface area contributed by atoms with E-state index in [1.165, 1.54) is 0 Å². The molecule has 5 N–H and O–H groups in total. The Morgan fingerprint density at radius 1 is 0.964 bits per heavy atom. The largest absolute Gasteiger partial charge is 0.349 e. The molecule has 0 spiro atoms. The summed E-state index contributed by atoms with van der Waals surface area (Å²) >= 11 is 0. The normalized spacial score (nSPS) is 16.5. The fourth-order valence-corrected chi connectivity index (χ4v) is 2.99. The quantitative estimate of drug-likeness (QED) is 0.592. The van der Waals surface area contributed by atoms with Crippen LogP contribution in [0.15, 0.2) is 54.6 Å². The van der Waals surface area contributed by atoms with Crippen LogP contribution in [0.25, 0.3) is 0 Å². The zero-order valence-corrected chi connectivity index (χ0v) is 16.3. The second kappa shape index (κ2) is 8.89. The van der Waals surface area contributed by atoms with Crippen molar-refractivity contribution in [2.75, 3.05) is 5.32 Å². The lowest BCUT2D eigenvalue weighted by atomic mass is 9.94. The van der Waals surface area contributed by atoms with Gasteiger partial charge in [-0.3, -0.25) is 4.79 Å². The third kappa shape index (κ3) is 5.33. The van der Waals surface area contributed by atoms with Crippen molar-refractivity contribution >= 4 is 17.6 Å². The summed E-state index contributed by atoms with van der Waals surface area (Å²) in [5.41, 5.74) is 8.88. The van der Waals surface area contributed by atoms with Crippen molar-refractivity contribution in [3.8, 4) is 0 Å². The summed E-state index contributed by atoms with van der Waals surface area (Å²) in [7, 11) is 0. The molecular formula is C22H28N4O2. The Labute approximate surface area is 165 Å². The molecule has 0 saturated heterocycles. The van der Waals surface area contributed by atoms with E-state index in [9.17, 15) is 9.59 Å². The van der Waals surface area contributed by atoms with Crippen LogP contribution >= 0.6 is 0 Å². The molecule has 1 saturated carbocycles. The van der Waals surface area contributed by atoms with Crippen molar-refractivity contribution in [1.29, 1.82) is 0 Å². The molecule has 3 atom stereocenters. The smallest absolute Gasteiger partial charge is 0.319 e. The van der Waals surface area contributed by atoms with Gasteiger partial charge in [-0.1, -0.05) is 49.4 Å². The van der Waals surface area contributed by atoms with Gasteiger partial charge in [-0.25, -0.2) is 4.79 Å². The van der Waals surface area contributed by atoms with Gasteiger partial charge in [0.1, 0.15) is 0 Å². The van der Waals surface area contributed by atoms with E-state index in [1.54, 1.807) is 0 Å². The summed E-state index contributed by atoms with van der Waals surface area (Å²) < 4.78 is 0. The summed E-state index contributed by atoms with van der Waals surface area (Å²) in [5.74, 6) is -0.438. The fourth-order valence-electron chi connectivity index (χ4n) is 2.99. The molecule has 3 rings (SSSR count). The fraction of sp³-hybridized carbons (Fsp3) is 0.364. The Morgan fingerprint density at radius 3 is 2.21 bits per heavy atom. The standard InChI is InChI=1S/C22H28N4O2/c1-14(20(23)17-6-4-3-5-7-17)21(27)24-15(2)16-8-10-18(11-9-16)25-22(28)26-19-12-13-19/h3-11,14-15,19-20H,12-13,23H2,1-2H3,(H,24,27)(H2,25,26,28). The topological polar surface area (TPSA) is 96.2 Å². The van der Waals surface area contributed by atoms with E-state index < -0.39 is 0 Å². The van der Waals surface area contributed by atoms with Gasteiger partial charge in [0, 0.05) is 17.8 Å². The van der Waals surface area contributed by atoms with E-state index in [2.05, 4.69) is 16.0 Å². The maximum absolute atomic E-state index is 12.6. The van der Waals surface area contributed by atoms with Gasteiger partial charge in [-0.15, -0.1) is 0 Å². The number of hydrogen-bond acceptors (Lipinski definition) is 3. The molecule has 0 aliphatic heterocycles. The Hall–Kier alpha value is -2.86. The van der Waals surface area contributed by atoms with Crippen LogP contribution in [0.3, 0.4) is 0 Å².